The van der Waals surface area contributed by atoms with E-state index in [0.29, 0.717) is 50.1 Å². The zero-order valence-electron chi connectivity index (χ0n) is 23.5. The molecule has 0 bridgehead atoms. The van der Waals surface area contributed by atoms with Gasteiger partial charge in [-0.05, 0) is 84.0 Å². The molecule has 14 heteroatoms. The van der Waals surface area contributed by atoms with Crippen LogP contribution in [-0.2, 0) is 29.6 Å². The van der Waals surface area contributed by atoms with E-state index in [1.165, 1.54) is 8.61 Å². The molecular formula is C30H30N4O6S4. The quantitative estimate of drug-likeness (QED) is 0.256. The van der Waals surface area contributed by atoms with Gasteiger partial charge in [0.25, 0.3) is 20.0 Å². The average Bonchev–Trinajstić information content (AvgIpc) is 3.84. The van der Waals surface area contributed by atoms with Gasteiger partial charge in [-0.3, -0.25) is 9.59 Å². The summed E-state index contributed by atoms with van der Waals surface area (Å²) in [5, 5.41) is 9.12. The summed E-state index contributed by atoms with van der Waals surface area (Å²) < 4.78 is 55.1. The first-order chi connectivity index (χ1) is 21.1. The number of nitrogens with zero attached hydrogens (tertiary/aromatic N) is 2. The fourth-order valence-corrected chi connectivity index (χ4v) is 11.1. The highest BCUT2D eigenvalue weighted by Crippen LogP contribution is 2.31. The number of amides is 2. The Labute approximate surface area is 264 Å². The summed E-state index contributed by atoms with van der Waals surface area (Å²) in [6.07, 6.45) is 2.15. The van der Waals surface area contributed by atoms with Crippen molar-refractivity contribution in [2.75, 3.05) is 23.7 Å². The lowest BCUT2D eigenvalue weighted by Gasteiger charge is -2.22. The minimum Gasteiger partial charge on any atom is -0.325 e. The van der Waals surface area contributed by atoms with E-state index < -0.39 is 32.1 Å². The second-order valence-electron chi connectivity index (χ2n) is 10.5. The molecular weight excluding hydrogens is 641 g/mol. The van der Waals surface area contributed by atoms with Crippen molar-refractivity contribution in [2.24, 2.45) is 0 Å². The molecule has 4 heterocycles. The number of carbonyl (C=O) groups excluding carboxylic acids is 2. The van der Waals surface area contributed by atoms with Crippen LogP contribution in [0.3, 0.4) is 0 Å². The standard InChI is InChI=1S/C30H30N4O6S4/c35-29(25-5-1-17-33(25)43(37,38)27-7-3-19-41-27)31-23-13-9-21(10-14-23)22-11-15-24(16-12-22)32-30(36)26-6-2-18-34(26)44(39,40)28-8-4-20-42-28/h3-4,7-16,19-20,25-26H,1-2,5-6,17-18H2,(H,31,35)(H,32,36). The highest BCUT2D eigenvalue weighted by Gasteiger charge is 2.41. The van der Waals surface area contributed by atoms with Crippen molar-refractivity contribution in [1.29, 1.82) is 0 Å². The molecule has 0 saturated carbocycles. The lowest BCUT2D eigenvalue weighted by atomic mass is 10.0. The summed E-state index contributed by atoms with van der Waals surface area (Å²) in [5.74, 6) is -0.723. The number of benzene rings is 2. The van der Waals surface area contributed by atoms with Gasteiger partial charge in [-0.1, -0.05) is 36.4 Å². The topological polar surface area (TPSA) is 133 Å². The summed E-state index contributed by atoms with van der Waals surface area (Å²) in [4.78, 5) is 26.1. The van der Waals surface area contributed by atoms with E-state index >= 15 is 0 Å². The van der Waals surface area contributed by atoms with E-state index in [1.807, 2.05) is 24.3 Å². The third-order valence-electron chi connectivity index (χ3n) is 7.77. The van der Waals surface area contributed by atoms with Gasteiger partial charge in [-0.2, -0.15) is 8.61 Å². The molecule has 2 amide bonds. The first kappa shape index (κ1) is 30.6. The molecule has 6 rings (SSSR count). The maximum atomic E-state index is 13.1. The summed E-state index contributed by atoms with van der Waals surface area (Å²) in [7, 11) is -7.45. The smallest absolute Gasteiger partial charge is 0.253 e. The number of hydrogen-bond acceptors (Lipinski definition) is 8. The number of hydrogen-bond donors (Lipinski definition) is 2. The molecule has 4 aromatic rings. The number of sulfonamides is 2. The number of nitrogens with one attached hydrogen (secondary N) is 2. The van der Waals surface area contributed by atoms with Gasteiger partial charge in [-0.25, -0.2) is 16.8 Å². The molecule has 230 valence electrons. The summed E-state index contributed by atoms with van der Waals surface area (Å²) in [6, 6.07) is 19.4. The van der Waals surface area contributed by atoms with Gasteiger partial charge >= 0.3 is 0 Å². The first-order valence-electron chi connectivity index (χ1n) is 14.1. The van der Waals surface area contributed by atoms with Crippen LogP contribution < -0.4 is 10.6 Å². The van der Waals surface area contributed by atoms with Crippen LogP contribution in [0, 0.1) is 0 Å². The number of carbonyl (C=O) groups is 2. The molecule has 44 heavy (non-hydrogen) atoms. The van der Waals surface area contributed by atoms with Crippen molar-refractivity contribution < 1.29 is 26.4 Å². The molecule has 0 radical (unpaired) electrons. The molecule has 2 N–H and O–H groups in total. The van der Waals surface area contributed by atoms with Crippen LogP contribution >= 0.6 is 22.7 Å². The zero-order chi connectivity index (χ0) is 30.9. The highest BCUT2D eigenvalue weighted by atomic mass is 32.3. The fourth-order valence-electron chi connectivity index (χ4n) is 5.57. The van der Waals surface area contributed by atoms with Gasteiger partial charge in [-0.15, -0.1) is 22.7 Å². The van der Waals surface area contributed by atoms with E-state index in [1.54, 1.807) is 59.3 Å². The Morgan fingerprint density at radius 1 is 0.614 bits per heavy atom. The molecule has 2 fully saturated rings. The van der Waals surface area contributed by atoms with E-state index in [2.05, 4.69) is 10.6 Å². The maximum Gasteiger partial charge on any atom is 0.253 e. The van der Waals surface area contributed by atoms with Crippen LogP contribution in [0.2, 0.25) is 0 Å². The maximum absolute atomic E-state index is 13.1. The van der Waals surface area contributed by atoms with Gasteiger partial charge in [0.2, 0.25) is 11.8 Å². The van der Waals surface area contributed by atoms with Crippen molar-refractivity contribution in [3.63, 3.8) is 0 Å². The van der Waals surface area contributed by atoms with Crippen molar-refractivity contribution in [1.82, 2.24) is 8.61 Å². The number of rotatable bonds is 9. The normalized spacial score (nSPS) is 19.6. The molecule has 2 saturated heterocycles. The van der Waals surface area contributed by atoms with Crippen LogP contribution in [0.15, 0.2) is 92.0 Å². The van der Waals surface area contributed by atoms with Gasteiger partial charge in [0, 0.05) is 24.5 Å². The Morgan fingerprint density at radius 3 is 1.34 bits per heavy atom. The highest BCUT2D eigenvalue weighted by molar-refractivity contribution is 7.91. The minimum absolute atomic E-state index is 0.231. The van der Waals surface area contributed by atoms with Crippen LogP contribution in [0.4, 0.5) is 11.4 Å². The molecule has 2 aliphatic rings. The van der Waals surface area contributed by atoms with Gasteiger partial charge < -0.3 is 10.6 Å². The second-order valence-corrected chi connectivity index (χ2v) is 16.7. The Bertz CT molecular complexity index is 1700. The van der Waals surface area contributed by atoms with Crippen molar-refractivity contribution in [2.45, 2.75) is 46.2 Å². The Kier molecular flexibility index (Phi) is 8.72. The van der Waals surface area contributed by atoms with Crippen LogP contribution in [0.1, 0.15) is 25.7 Å². The SMILES string of the molecule is O=C(Nc1ccc(-c2ccc(NC(=O)C3CCCN3S(=O)(=O)c3cccs3)cc2)cc1)C1CCCN1S(=O)(=O)c1cccs1. The molecule has 10 nitrogen and oxygen atoms in total. The molecule has 2 aromatic heterocycles. The average molecular weight is 671 g/mol. The predicted octanol–water partition coefficient (Wildman–Crippen LogP) is 5.06. The van der Waals surface area contributed by atoms with E-state index in [-0.39, 0.29) is 20.2 Å². The lowest BCUT2D eigenvalue weighted by Crippen LogP contribution is -2.42. The Balaban J connectivity index is 1.07. The van der Waals surface area contributed by atoms with Gasteiger partial charge in [0.1, 0.15) is 20.5 Å². The predicted molar refractivity (Wildman–Crippen MR) is 172 cm³/mol. The summed E-state index contributed by atoms with van der Waals surface area (Å²) in [6.45, 7) is 0.613. The molecule has 2 unspecified atom stereocenters. The molecule has 0 spiro atoms. The summed E-state index contributed by atoms with van der Waals surface area (Å²) >= 11 is 2.28. The van der Waals surface area contributed by atoms with Gasteiger partial charge in [0.15, 0.2) is 0 Å². The number of thiophene rings is 2. The third kappa shape index (κ3) is 6.10. The van der Waals surface area contributed by atoms with Crippen molar-refractivity contribution >= 4 is 65.9 Å². The van der Waals surface area contributed by atoms with Gasteiger partial charge in [0.05, 0.1) is 0 Å². The monoisotopic (exact) mass is 670 g/mol. The summed E-state index contributed by atoms with van der Waals surface area (Å²) in [5.41, 5.74) is 2.88. The largest absolute Gasteiger partial charge is 0.325 e. The third-order valence-corrected chi connectivity index (χ3v) is 14.3. The Morgan fingerprint density at radius 2 is 1.00 bits per heavy atom. The molecule has 0 aliphatic carbocycles. The van der Waals surface area contributed by atoms with Crippen molar-refractivity contribution in [3.8, 4) is 11.1 Å². The Hall–Kier alpha value is -3.40. The van der Waals surface area contributed by atoms with Crippen LogP contribution in [0.5, 0.6) is 0 Å². The first-order valence-corrected chi connectivity index (χ1v) is 18.7. The van der Waals surface area contributed by atoms with E-state index in [0.717, 1.165) is 33.8 Å². The van der Waals surface area contributed by atoms with Crippen LogP contribution in [0.25, 0.3) is 11.1 Å². The fraction of sp³-hybridized carbons (Fsp3) is 0.267. The minimum atomic E-state index is -3.72. The van der Waals surface area contributed by atoms with Crippen LogP contribution in [-0.4, -0.2) is 62.4 Å². The number of anilines is 2. The zero-order valence-corrected chi connectivity index (χ0v) is 26.7. The van der Waals surface area contributed by atoms with E-state index in [4.69, 9.17) is 0 Å². The van der Waals surface area contributed by atoms with E-state index in [9.17, 15) is 26.4 Å². The molecule has 2 aromatic carbocycles. The lowest BCUT2D eigenvalue weighted by molar-refractivity contribution is -0.119. The molecule has 2 atom stereocenters. The second kappa shape index (κ2) is 12.5. The molecule has 2 aliphatic heterocycles. The van der Waals surface area contributed by atoms with Crippen molar-refractivity contribution in [3.05, 3.63) is 83.6 Å².